The fraction of sp³-hybridized carbons (Fsp3) is 0.870. The van der Waals surface area contributed by atoms with Gasteiger partial charge in [-0.05, 0) is 57.8 Å². The number of aliphatic hydroxyl groups is 8. The van der Waals surface area contributed by atoms with E-state index in [0.29, 0.717) is 6.42 Å². The van der Waals surface area contributed by atoms with Crippen molar-refractivity contribution in [1.82, 2.24) is 5.32 Å². The van der Waals surface area contributed by atoms with Crippen LogP contribution in [0.4, 0.5) is 0 Å². The average Bonchev–Trinajstić information content (AvgIpc) is 3.65. The van der Waals surface area contributed by atoms with Crippen molar-refractivity contribution in [2.45, 2.75) is 364 Å². The van der Waals surface area contributed by atoms with Crippen molar-refractivity contribution in [3.8, 4) is 0 Å². The molecule has 2 fully saturated rings. The standard InChI is InChI=1S/C69H127NO13/c1-3-5-7-9-11-13-15-17-19-21-23-25-27-28-29-30-31-33-35-37-39-41-43-45-47-49-51-53-61(74)70-57(56-80-68-66(79)64(77)67(60(55-72)82-68)83-69-65(78)63(76)62(75)59(54-71)81-69)58(73)52-50-48-46-44-42-40-38-36-34-32-26-24-22-20-18-16-14-12-10-8-6-4-2/h15,17,21,23,27-28,50,52,57-60,62-69,71-73,75-79H,3-14,16,18-20,22,24-26,29-49,51,53-56H2,1-2H3,(H,70,74)/b17-15-,23-21-,28-27-,52-50+. The van der Waals surface area contributed by atoms with Crippen LogP contribution in [0.1, 0.15) is 290 Å². The molecule has 0 aromatic heterocycles. The minimum Gasteiger partial charge on any atom is -0.394 e. The third-order valence-electron chi connectivity index (χ3n) is 16.8. The first-order chi connectivity index (χ1) is 40.6. The summed E-state index contributed by atoms with van der Waals surface area (Å²) in [6.07, 6.45) is 52.9. The van der Waals surface area contributed by atoms with Gasteiger partial charge in [-0.3, -0.25) is 4.79 Å². The molecular weight excluding hydrogens is 1050 g/mol. The van der Waals surface area contributed by atoms with E-state index in [1.165, 1.54) is 212 Å². The molecule has 2 saturated heterocycles. The Hall–Kier alpha value is -2.05. The summed E-state index contributed by atoms with van der Waals surface area (Å²) in [5.74, 6) is -0.239. The largest absolute Gasteiger partial charge is 0.394 e. The molecular formula is C69H127NO13. The van der Waals surface area contributed by atoms with Crippen LogP contribution >= 0.6 is 0 Å². The van der Waals surface area contributed by atoms with Crippen LogP contribution in [-0.4, -0.2) is 140 Å². The second-order valence-electron chi connectivity index (χ2n) is 24.3. The van der Waals surface area contributed by atoms with Gasteiger partial charge in [-0.15, -0.1) is 0 Å². The van der Waals surface area contributed by atoms with E-state index in [1.54, 1.807) is 6.08 Å². The Labute approximate surface area is 505 Å². The lowest BCUT2D eigenvalue weighted by molar-refractivity contribution is -0.359. The Morgan fingerprint density at radius 1 is 0.434 bits per heavy atom. The van der Waals surface area contributed by atoms with Crippen LogP contribution in [0.15, 0.2) is 48.6 Å². The summed E-state index contributed by atoms with van der Waals surface area (Å²) < 4.78 is 22.9. The number of hydrogen-bond acceptors (Lipinski definition) is 13. The van der Waals surface area contributed by atoms with Crippen LogP contribution in [0.25, 0.3) is 0 Å². The first-order valence-electron chi connectivity index (χ1n) is 34.4. The third-order valence-corrected chi connectivity index (χ3v) is 16.8. The lowest BCUT2D eigenvalue weighted by Gasteiger charge is -2.46. The quantitative estimate of drug-likeness (QED) is 0.0204. The topological polar surface area (TPSA) is 228 Å². The van der Waals surface area contributed by atoms with E-state index >= 15 is 0 Å². The number of rotatable bonds is 56. The second-order valence-corrected chi connectivity index (χ2v) is 24.3. The molecule has 0 bridgehead atoms. The Balaban J connectivity index is 1.70. The highest BCUT2D eigenvalue weighted by molar-refractivity contribution is 5.76. The number of carbonyl (C=O) groups excluding carboxylic acids is 1. The summed E-state index contributed by atoms with van der Waals surface area (Å²) in [6, 6.07) is -0.918. The Bertz CT molecular complexity index is 1580. The molecule has 12 unspecified atom stereocenters. The van der Waals surface area contributed by atoms with Gasteiger partial charge in [0.2, 0.25) is 5.91 Å². The zero-order chi connectivity index (χ0) is 60.2. The first-order valence-corrected chi connectivity index (χ1v) is 34.4. The molecule has 2 rings (SSSR count). The molecule has 0 radical (unpaired) electrons. The zero-order valence-electron chi connectivity index (χ0n) is 52.7. The van der Waals surface area contributed by atoms with Crippen molar-refractivity contribution >= 4 is 5.91 Å². The van der Waals surface area contributed by atoms with Crippen molar-refractivity contribution in [3.63, 3.8) is 0 Å². The van der Waals surface area contributed by atoms with E-state index in [-0.39, 0.29) is 18.9 Å². The van der Waals surface area contributed by atoms with E-state index < -0.39 is 86.8 Å². The number of aliphatic hydroxyl groups excluding tert-OH is 8. The van der Waals surface area contributed by atoms with Crippen molar-refractivity contribution in [1.29, 1.82) is 0 Å². The lowest BCUT2D eigenvalue weighted by atomic mass is 9.97. The van der Waals surface area contributed by atoms with Gasteiger partial charge in [0.25, 0.3) is 0 Å². The van der Waals surface area contributed by atoms with Gasteiger partial charge < -0.3 is 65.1 Å². The molecule has 2 aliphatic heterocycles. The number of amides is 1. The molecule has 2 heterocycles. The SMILES string of the molecule is CCCCCCC/C=C\C/C=C\C/C=C\CCCCCCCCCCCCCCC(=O)NC(COC1OC(CO)C(OC2OC(CO)C(O)C(O)C2O)C(O)C1O)C(O)/C=C/CCCCCCCCCCCCCCCCCCCCCC. The summed E-state index contributed by atoms with van der Waals surface area (Å²) in [4.78, 5) is 13.3. The molecule has 14 heteroatoms. The second kappa shape index (κ2) is 54.1. The maximum absolute atomic E-state index is 13.3. The molecule has 0 aromatic rings. The zero-order valence-corrected chi connectivity index (χ0v) is 52.7. The van der Waals surface area contributed by atoms with Gasteiger partial charge in [0.1, 0.15) is 48.8 Å². The molecule has 12 atom stereocenters. The van der Waals surface area contributed by atoms with E-state index in [2.05, 4.69) is 55.6 Å². The monoisotopic (exact) mass is 1180 g/mol. The first kappa shape index (κ1) is 77.0. The van der Waals surface area contributed by atoms with E-state index in [4.69, 9.17) is 18.9 Å². The smallest absolute Gasteiger partial charge is 0.220 e. The van der Waals surface area contributed by atoms with Crippen molar-refractivity contribution < 1.29 is 64.6 Å². The Morgan fingerprint density at radius 2 is 0.795 bits per heavy atom. The molecule has 83 heavy (non-hydrogen) atoms. The number of nitrogens with one attached hydrogen (secondary N) is 1. The number of carbonyl (C=O) groups is 1. The fourth-order valence-electron chi connectivity index (χ4n) is 11.2. The van der Waals surface area contributed by atoms with Crippen LogP contribution in [0.3, 0.4) is 0 Å². The van der Waals surface area contributed by atoms with Crippen LogP contribution in [0.5, 0.6) is 0 Å². The lowest BCUT2D eigenvalue weighted by Crippen LogP contribution is -2.65. The molecule has 0 aliphatic carbocycles. The predicted octanol–water partition coefficient (Wildman–Crippen LogP) is 13.5. The van der Waals surface area contributed by atoms with Gasteiger partial charge in [0.05, 0.1) is 32.0 Å². The molecule has 0 spiro atoms. The van der Waals surface area contributed by atoms with Gasteiger partial charge >= 0.3 is 0 Å². The van der Waals surface area contributed by atoms with Crippen LogP contribution in [0, 0.1) is 0 Å². The number of ether oxygens (including phenoxy) is 4. The Kier molecular flexibility index (Phi) is 50.2. The average molecular weight is 1180 g/mol. The molecule has 0 aromatic carbocycles. The van der Waals surface area contributed by atoms with Crippen LogP contribution in [0.2, 0.25) is 0 Å². The van der Waals surface area contributed by atoms with Gasteiger partial charge in [-0.25, -0.2) is 0 Å². The number of unbranched alkanes of at least 4 members (excludes halogenated alkanes) is 37. The normalized spacial score (nSPS) is 24.1. The molecule has 2 aliphatic rings. The number of allylic oxidation sites excluding steroid dienone is 7. The summed E-state index contributed by atoms with van der Waals surface area (Å²) in [5.41, 5.74) is 0. The maximum Gasteiger partial charge on any atom is 0.220 e. The van der Waals surface area contributed by atoms with Crippen molar-refractivity contribution in [2.75, 3.05) is 19.8 Å². The van der Waals surface area contributed by atoms with Gasteiger partial charge in [-0.1, -0.05) is 274 Å². The predicted molar refractivity (Wildman–Crippen MR) is 337 cm³/mol. The highest BCUT2D eigenvalue weighted by atomic mass is 16.7. The molecule has 0 saturated carbocycles. The van der Waals surface area contributed by atoms with Crippen LogP contribution in [-0.2, 0) is 23.7 Å². The summed E-state index contributed by atoms with van der Waals surface area (Å²) in [5, 5.41) is 87.4. The van der Waals surface area contributed by atoms with Crippen molar-refractivity contribution in [3.05, 3.63) is 48.6 Å². The third kappa shape index (κ3) is 38.8. The van der Waals surface area contributed by atoms with Gasteiger partial charge in [0.15, 0.2) is 12.6 Å². The highest BCUT2D eigenvalue weighted by Gasteiger charge is 2.51. The minimum absolute atomic E-state index is 0.239. The Morgan fingerprint density at radius 3 is 1.22 bits per heavy atom. The summed E-state index contributed by atoms with van der Waals surface area (Å²) in [7, 11) is 0. The fourth-order valence-corrected chi connectivity index (χ4v) is 11.2. The van der Waals surface area contributed by atoms with E-state index in [1.807, 2.05) is 6.08 Å². The molecule has 9 N–H and O–H groups in total. The molecule has 486 valence electrons. The minimum atomic E-state index is -1.79. The van der Waals surface area contributed by atoms with E-state index in [9.17, 15) is 45.6 Å². The molecule has 1 amide bonds. The summed E-state index contributed by atoms with van der Waals surface area (Å²) >= 11 is 0. The molecule has 14 nitrogen and oxygen atoms in total. The van der Waals surface area contributed by atoms with Gasteiger partial charge in [0, 0.05) is 6.42 Å². The van der Waals surface area contributed by atoms with Crippen molar-refractivity contribution in [2.24, 2.45) is 0 Å². The highest BCUT2D eigenvalue weighted by Crippen LogP contribution is 2.30. The maximum atomic E-state index is 13.3. The number of hydrogen-bond donors (Lipinski definition) is 9. The van der Waals surface area contributed by atoms with E-state index in [0.717, 1.165) is 51.4 Å². The van der Waals surface area contributed by atoms with Gasteiger partial charge in [-0.2, -0.15) is 0 Å². The summed E-state index contributed by atoms with van der Waals surface area (Å²) in [6.45, 7) is 2.82. The van der Waals surface area contributed by atoms with Crippen LogP contribution < -0.4 is 5.32 Å².